The van der Waals surface area contributed by atoms with Gasteiger partial charge in [0.2, 0.25) is 12.3 Å². The van der Waals surface area contributed by atoms with Crippen LogP contribution in [0.5, 0.6) is 0 Å². The lowest BCUT2D eigenvalue weighted by Crippen LogP contribution is -2.49. The SMILES string of the molecule is O=CN(O)C[C@@H](CC1CCC1)C(=O)N1C[C@H](F)C[C@H]1C(=O)Nc1cccn[n+]1[O-]. The summed E-state index contributed by atoms with van der Waals surface area (Å²) in [6.07, 6.45) is 3.31. The van der Waals surface area contributed by atoms with Crippen LogP contribution < -0.4 is 10.2 Å². The van der Waals surface area contributed by atoms with Crippen LogP contribution in [0.4, 0.5) is 10.2 Å². The van der Waals surface area contributed by atoms with E-state index in [-0.39, 0.29) is 36.6 Å². The number of alkyl halides is 1. The van der Waals surface area contributed by atoms with Crippen LogP contribution in [0.3, 0.4) is 0 Å². The van der Waals surface area contributed by atoms with Gasteiger partial charge >= 0.3 is 11.7 Å². The molecule has 2 N–H and O–H groups in total. The Morgan fingerprint density at radius 2 is 2.28 bits per heavy atom. The van der Waals surface area contributed by atoms with Crippen molar-refractivity contribution in [3.63, 3.8) is 0 Å². The van der Waals surface area contributed by atoms with Crippen LogP contribution in [-0.2, 0) is 14.4 Å². The van der Waals surface area contributed by atoms with E-state index in [9.17, 15) is 29.2 Å². The quantitative estimate of drug-likeness (QED) is 0.208. The van der Waals surface area contributed by atoms with Crippen LogP contribution in [0, 0.1) is 17.0 Å². The molecule has 10 nitrogen and oxygen atoms in total. The fraction of sp³-hybridized carbons (Fsp3) is 0.611. The van der Waals surface area contributed by atoms with Gasteiger partial charge in [0.05, 0.1) is 25.2 Å². The molecule has 1 aliphatic heterocycles. The first-order valence-electron chi connectivity index (χ1n) is 9.60. The summed E-state index contributed by atoms with van der Waals surface area (Å²) in [6, 6.07) is 1.72. The molecule has 1 aliphatic carbocycles. The predicted molar refractivity (Wildman–Crippen MR) is 96.8 cm³/mol. The second kappa shape index (κ2) is 9.12. The van der Waals surface area contributed by atoms with Crippen molar-refractivity contribution < 1.29 is 28.8 Å². The van der Waals surface area contributed by atoms with E-state index >= 15 is 0 Å². The van der Waals surface area contributed by atoms with Crippen molar-refractivity contribution in [1.29, 1.82) is 0 Å². The van der Waals surface area contributed by atoms with Crippen LogP contribution in [0.25, 0.3) is 0 Å². The summed E-state index contributed by atoms with van der Waals surface area (Å²) in [5.41, 5.74) is 0. The molecule has 2 fully saturated rings. The first kappa shape index (κ1) is 20.9. The Bertz CT molecular complexity index is 762. The van der Waals surface area contributed by atoms with Crippen molar-refractivity contribution in [3.05, 3.63) is 23.5 Å². The van der Waals surface area contributed by atoms with Crippen LogP contribution in [0.15, 0.2) is 18.3 Å². The first-order valence-corrected chi connectivity index (χ1v) is 9.60. The number of hydroxylamine groups is 2. The van der Waals surface area contributed by atoms with E-state index < -0.39 is 29.9 Å². The second-order valence-corrected chi connectivity index (χ2v) is 7.57. The van der Waals surface area contributed by atoms with E-state index in [1.807, 2.05) is 0 Å². The largest absolute Gasteiger partial charge is 0.691 e. The topological polar surface area (TPSA) is 130 Å². The van der Waals surface area contributed by atoms with E-state index in [4.69, 9.17) is 0 Å². The van der Waals surface area contributed by atoms with Crippen molar-refractivity contribution >= 4 is 24.0 Å². The molecule has 1 saturated heterocycles. The number of carbonyl (C=O) groups excluding carboxylic acids is 3. The number of likely N-dealkylation sites (tertiary alicyclic amines) is 1. The number of halogens is 1. The minimum absolute atomic E-state index is 0.124. The molecule has 2 heterocycles. The molecule has 1 aromatic heterocycles. The number of nitrogens with zero attached hydrogens (tertiary/aromatic N) is 4. The number of hydrogen-bond acceptors (Lipinski definition) is 6. The number of anilines is 1. The summed E-state index contributed by atoms with van der Waals surface area (Å²) in [5.74, 6) is -1.73. The smallest absolute Gasteiger partial charge is 0.330 e. The van der Waals surface area contributed by atoms with Crippen molar-refractivity contribution in [1.82, 2.24) is 15.1 Å². The average Bonchev–Trinajstić information content (AvgIpc) is 3.06. The van der Waals surface area contributed by atoms with Gasteiger partial charge in [-0.05, 0) is 18.4 Å². The molecular weight excluding hydrogens is 385 g/mol. The maximum Gasteiger partial charge on any atom is 0.330 e. The maximum absolute atomic E-state index is 14.1. The molecule has 0 bridgehead atoms. The van der Waals surface area contributed by atoms with E-state index in [2.05, 4.69) is 10.4 Å². The molecule has 0 spiro atoms. The van der Waals surface area contributed by atoms with Gasteiger partial charge in [0.1, 0.15) is 12.2 Å². The Labute approximate surface area is 166 Å². The lowest BCUT2D eigenvalue weighted by atomic mass is 9.78. The highest BCUT2D eigenvalue weighted by Gasteiger charge is 2.44. The molecule has 0 aromatic carbocycles. The highest BCUT2D eigenvalue weighted by atomic mass is 19.1. The maximum atomic E-state index is 14.1. The van der Waals surface area contributed by atoms with Gasteiger partial charge < -0.3 is 10.1 Å². The monoisotopic (exact) mass is 409 g/mol. The van der Waals surface area contributed by atoms with Crippen LogP contribution in [0.1, 0.15) is 32.1 Å². The normalized spacial score (nSPS) is 22.6. The zero-order chi connectivity index (χ0) is 21.0. The zero-order valence-electron chi connectivity index (χ0n) is 15.8. The molecule has 3 rings (SSSR count). The van der Waals surface area contributed by atoms with Crippen molar-refractivity contribution in [2.24, 2.45) is 11.8 Å². The summed E-state index contributed by atoms with van der Waals surface area (Å²) in [4.78, 5) is 37.9. The molecule has 158 valence electrons. The molecule has 1 saturated carbocycles. The second-order valence-electron chi connectivity index (χ2n) is 7.57. The molecule has 3 amide bonds. The molecule has 2 aliphatic rings. The zero-order valence-corrected chi connectivity index (χ0v) is 15.8. The standard InChI is InChI=1S/C18H24FN5O5/c19-14-8-15(17(26)21-16-5-2-6-20-24(16)29)23(10-14)18(27)13(9-22(28)11-25)7-12-3-1-4-12/h2,5-6,11-15,28H,1,3-4,7-10H2,(H,21,26)/t13-,14-,15+/m1/s1. The average molecular weight is 409 g/mol. The van der Waals surface area contributed by atoms with E-state index in [1.54, 1.807) is 0 Å². The van der Waals surface area contributed by atoms with Gasteiger partial charge in [-0.3, -0.25) is 14.8 Å². The van der Waals surface area contributed by atoms with Gasteiger partial charge in [0.15, 0.2) is 0 Å². The number of nitrogens with one attached hydrogen (secondary N) is 1. The lowest BCUT2D eigenvalue weighted by molar-refractivity contribution is -0.654. The van der Waals surface area contributed by atoms with Gasteiger partial charge in [0, 0.05) is 12.5 Å². The Balaban J connectivity index is 1.73. The van der Waals surface area contributed by atoms with E-state index in [0.29, 0.717) is 17.4 Å². The Morgan fingerprint density at radius 3 is 2.90 bits per heavy atom. The number of rotatable bonds is 8. The van der Waals surface area contributed by atoms with Gasteiger partial charge in [-0.2, -0.15) is 0 Å². The minimum atomic E-state index is -1.39. The van der Waals surface area contributed by atoms with E-state index in [0.717, 1.165) is 24.2 Å². The molecule has 0 radical (unpaired) electrons. The van der Waals surface area contributed by atoms with Crippen LogP contribution in [0.2, 0.25) is 0 Å². The van der Waals surface area contributed by atoms with Gasteiger partial charge in [-0.25, -0.2) is 19.6 Å². The summed E-state index contributed by atoms with van der Waals surface area (Å²) < 4.78 is 14.1. The van der Waals surface area contributed by atoms with Gasteiger partial charge in [-0.1, -0.05) is 24.4 Å². The number of amides is 3. The Morgan fingerprint density at radius 1 is 1.52 bits per heavy atom. The summed E-state index contributed by atoms with van der Waals surface area (Å²) in [6.45, 7) is -0.473. The van der Waals surface area contributed by atoms with Gasteiger partial charge in [-0.15, -0.1) is 4.85 Å². The Kier molecular flexibility index (Phi) is 6.57. The lowest BCUT2D eigenvalue weighted by Gasteiger charge is -2.33. The fourth-order valence-corrected chi connectivity index (χ4v) is 3.82. The van der Waals surface area contributed by atoms with E-state index in [1.165, 1.54) is 18.3 Å². The summed E-state index contributed by atoms with van der Waals surface area (Å²) in [5, 5.41) is 27.5. The molecule has 3 atom stereocenters. The first-order chi connectivity index (χ1) is 13.9. The third kappa shape index (κ3) is 4.97. The Hall–Kier alpha value is -2.82. The predicted octanol–water partition coefficient (Wildman–Crippen LogP) is 0.246. The number of aromatic nitrogens is 2. The van der Waals surface area contributed by atoms with Crippen molar-refractivity contribution in [2.45, 2.75) is 44.3 Å². The molecule has 1 aromatic rings. The van der Waals surface area contributed by atoms with Crippen LogP contribution >= 0.6 is 0 Å². The van der Waals surface area contributed by atoms with Crippen molar-refractivity contribution in [3.8, 4) is 0 Å². The minimum Gasteiger partial charge on any atom is -0.691 e. The fourth-order valence-electron chi connectivity index (χ4n) is 3.82. The summed E-state index contributed by atoms with van der Waals surface area (Å²) >= 11 is 0. The highest BCUT2D eigenvalue weighted by molar-refractivity contribution is 5.97. The van der Waals surface area contributed by atoms with Crippen LogP contribution in [-0.4, -0.2) is 63.8 Å². The van der Waals surface area contributed by atoms with Gasteiger partial charge in [0.25, 0.3) is 0 Å². The molecule has 0 unspecified atom stereocenters. The summed E-state index contributed by atoms with van der Waals surface area (Å²) in [7, 11) is 0. The third-order valence-corrected chi connectivity index (χ3v) is 5.53. The number of hydrogen-bond donors (Lipinski definition) is 2. The highest BCUT2D eigenvalue weighted by Crippen LogP contribution is 2.34. The third-order valence-electron chi connectivity index (χ3n) is 5.53. The molecule has 29 heavy (non-hydrogen) atoms. The molecule has 11 heteroatoms. The van der Waals surface area contributed by atoms with Crippen molar-refractivity contribution in [2.75, 3.05) is 18.4 Å². The number of carbonyl (C=O) groups is 3. The molecular formula is C18H24FN5O5.